The number of fused-ring (bicyclic) bond motifs is 2. The van der Waals surface area contributed by atoms with E-state index in [4.69, 9.17) is 5.11 Å². The van der Waals surface area contributed by atoms with Crippen molar-refractivity contribution in [2.24, 2.45) is 0 Å². The maximum atomic E-state index is 12.2. The van der Waals surface area contributed by atoms with Crippen LogP contribution in [0.5, 0.6) is 0 Å². The minimum atomic E-state index is -1.64. The number of aromatic nitrogens is 4. The second-order valence-corrected chi connectivity index (χ2v) is 6.45. The van der Waals surface area contributed by atoms with Crippen LogP contribution in [-0.2, 0) is 6.54 Å². The van der Waals surface area contributed by atoms with Crippen LogP contribution < -0.4 is 11.2 Å². The molecular formula is C17H20N4O6. The van der Waals surface area contributed by atoms with Crippen LogP contribution >= 0.6 is 0 Å². The summed E-state index contributed by atoms with van der Waals surface area (Å²) in [6.07, 6.45) is -4.68. The van der Waals surface area contributed by atoms with Gasteiger partial charge in [-0.15, -0.1) is 0 Å². The topological polar surface area (TPSA) is 162 Å². The summed E-state index contributed by atoms with van der Waals surface area (Å²) < 4.78 is 1.40. The maximum Gasteiger partial charge on any atom is 0.349 e. The van der Waals surface area contributed by atoms with Gasteiger partial charge in [0.25, 0.3) is 5.56 Å². The van der Waals surface area contributed by atoms with Gasteiger partial charge < -0.3 is 25.0 Å². The summed E-state index contributed by atoms with van der Waals surface area (Å²) in [5.74, 6) is -0.0516. The number of aliphatic hydroxyl groups excluding tert-OH is 4. The first kappa shape index (κ1) is 19.1. The highest BCUT2D eigenvalue weighted by atomic mass is 16.4. The lowest BCUT2D eigenvalue weighted by Crippen LogP contribution is -2.42. The van der Waals surface area contributed by atoms with Crippen LogP contribution in [0.15, 0.2) is 21.7 Å². The van der Waals surface area contributed by atoms with E-state index in [1.807, 2.05) is 19.9 Å². The van der Waals surface area contributed by atoms with Crippen LogP contribution in [0.2, 0.25) is 0 Å². The Balaban J connectivity index is 2.29. The van der Waals surface area contributed by atoms with E-state index in [0.717, 1.165) is 11.1 Å². The van der Waals surface area contributed by atoms with E-state index < -0.39 is 36.2 Å². The van der Waals surface area contributed by atoms with Gasteiger partial charge in [-0.2, -0.15) is 4.98 Å². The molecule has 0 saturated carbocycles. The van der Waals surface area contributed by atoms with Gasteiger partial charge in [0.1, 0.15) is 18.3 Å². The molecule has 3 rings (SSSR count). The number of H-pyrrole nitrogens is 1. The smallest absolute Gasteiger partial charge is 0.349 e. The molecule has 1 aromatic rings. The van der Waals surface area contributed by atoms with E-state index in [9.17, 15) is 24.9 Å². The molecule has 0 amide bonds. The summed E-state index contributed by atoms with van der Waals surface area (Å²) in [5.41, 5.74) is 1.05. The molecule has 0 aromatic heterocycles. The SMILES string of the molecule is Cc1ccc2c(nc3c(=O)[nH]c(=O)nc-3n2CC(O)C(O)C(O)CO)c1C. The molecule has 5 N–H and O–H groups in total. The molecule has 3 unspecified atom stereocenters. The van der Waals surface area contributed by atoms with Gasteiger partial charge in [0.05, 0.1) is 24.2 Å². The fourth-order valence-corrected chi connectivity index (χ4v) is 2.94. The lowest BCUT2D eigenvalue weighted by Gasteiger charge is -2.25. The van der Waals surface area contributed by atoms with Crippen LogP contribution in [0.1, 0.15) is 11.1 Å². The Kier molecular flexibility index (Phi) is 5.07. The average molecular weight is 376 g/mol. The molecule has 0 saturated heterocycles. The van der Waals surface area contributed by atoms with E-state index in [1.165, 1.54) is 4.57 Å². The zero-order valence-corrected chi connectivity index (χ0v) is 14.7. The highest BCUT2D eigenvalue weighted by molar-refractivity contribution is 5.83. The first-order chi connectivity index (χ1) is 12.7. The first-order valence-corrected chi connectivity index (χ1v) is 8.30. The Hall–Kier alpha value is -2.66. The molecule has 10 nitrogen and oxygen atoms in total. The normalized spacial score (nSPS) is 15.2. The standard InChI is InChI=1S/C17H20N4O6/c1-7-3-4-9-12(8(7)2)18-13-15(19-17(27)20-16(13)26)21(9)5-10(23)14(25)11(24)6-22/h3-4,10-11,14,22-25H,5-6H2,1-2H3,(H,20,26,27). The van der Waals surface area contributed by atoms with E-state index in [1.54, 1.807) is 6.07 Å². The number of nitrogens with one attached hydrogen (secondary N) is 1. The van der Waals surface area contributed by atoms with Gasteiger partial charge in [0, 0.05) is 0 Å². The van der Waals surface area contributed by atoms with Crippen LogP contribution in [0.25, 0.3) is 22.6 Å². The van der Waals surface area contributed by atoms with E-state index in [2.05, 4.69) is 15.0 Å². The second kappa shape index (κ2) is 7.16. The number of benzene rings is 1. The summed E-state index contributed by atoms with van der Waals surface area (Å²) in [6.45, 7) is 2.68. The zero-order chi connectivity index (χ0) is 19.9. The summed E-state index contributed by atoms with van der Waals surface area (Å²) in [6, 6.07) is 3.53. The number of aryl methyl sites for hydroxylation is 2. The number of nitrogens with zero attached hydrogens (tertiary/aromatic N) is 3. The van der Waals surface area contributed by atoms with Crippen LogP contribution in [-0.4, -0.2) is 64.9 Å². The molecule has 2 aliphatic heterocycles. The minimum Gasteiger partial charge on any atom is -0.394 e. The molecule has 144 valence electrons. The van der Waals surface area contributed by atoms with E-state index in [0.29, 0.717) is 11.0 Å². The first-order valence-electron chi connectivity index (χ1n) is 8.30. The van der Waals surface area contributed by atoms with Crippen LogP contribution in [0.4, 0.5) is 0 Å². The Bertz CT molecular complexity index is 1080. The largest absolute Gasteiger partial charge is 0.394 e. The summed E-state index contributed by atoms with van der Waals surface area (Å²) in [7, 11) is 0. The predicted octanol–water partition coefficient (Wildman–Crippen LogP) is -1.72. The van der Waals surface area contributed by atoms with Gasteiger partial charge in [-0.1, -0.05) is 6.07 Å². The van der Waals surface area contributed by atoms with Crippen molar-refractivity contribution in [3.63, 3.8) is 0 Å². The quantitative estimate of drug-likeness (QED) is 0.328. The van der Waals surface area contributed by atoms with Gasteiger partial charge in [0.2, 0.25) is 0 Å². The van der Waals surface area contributed by atoms with Crippen molar-refractivity contribution in [1.29, 1.82) is 0 Å². The van der Waals surface area contributed by atoms with Gasteiger partial charge in [-0.05, 0) is 31.0 Å². The third kappa shape index (κ3) is 3.35. The fourth-order valence-electron chi connectivity index (χ4n) is 2.94. The molecule has 0 spiro atoms. The molecule has 0 fully saturated rings. The average Bonchev–Trinajstić information content (AvgIpc) is 2.64. The number of hydrogen-bond donors (Lipinski definition) is 5. The number of aliphatic hydroxyl groups is 4. The van der Waals surface area contributed by atoms with Gasteiger partial charge in [-0.3, -0.25) is 9.78 Å². The number of hydrogen-bond acceptors (Lipinski definition) is 8. The van der Waals surface area contributed by atoms with Crippen molar-refractivity contribution in [1.82, 2.24) is 19.5 Å². The number of aromatic amines is 1. The molecule has 2 heterocycles. The molecule has 27 heavy (non-hydrogen) atoms. The number of rotatable bonds is 5. The molecule has 0 bridgehead atoms. The van der Waals surface area contributed by atoms with E-state index in [-0.39, 0.29) is 18.1 Å². The van der Waals surface area contributed by atoms with Crippen molar-refractivity contribution < 1.29 is 20.4 Å². The van der Waals surface area contributed by atoms with Crippen molar-refractivity contribution in [3.05, 3.63) is 44.1 Å². The van der Waals surface area contributed by atoms with Crippen LogP contribution in [0, 0.1) is 13.8 Å². The monoisotopic (exact) mass is 376 g/mol. The van der Waals surface area contributed by atoms with Crippen molar-refractivity contribution >= 4 is 11.0 Å². The lowest BCUT2D eigenvalue weighted by molar-refractivity contribution is -0.0802. The molecule has 0 aliphatic carbocycles. The summed E-state index contributed by atoms with van der Waals surface area (Å²) >= 11 is 0. The molecule has 3 atom stereocenters. The Morgan fingerprint density at radius 3 is 2.48 bits per heavy atom. The summed E-state index contributed by atoms with van der Waals surface area (Å²) in [4.78, 5) is 34.1. The second-order valence-electron chi connectivity index (χ2n) is 6.45. The van der Waals surface area contributed by atoms with Crippen molar-refractivity contribution in [2.45, 2.75) is 38.7 Å². The highest BCUT2D eigenvalue weighted by Crippen LogP contribution is 2.25. The Morgan fingerprint density at radius 1 is 1.11 bits per heavy atom. The fraction of sp³-hybridized carbons (Fsp3) is 0.412. The molecular weight excluding hydrogens is 356 g/mol. The highest BCUT2D eigenvalue weighted by Gasteiger charge is 2.27. The van der Waals surface area contributed by atoms with Gasteiger partial charge in [-0.25, -0.2) is 9.78 Å². The third-order valence-electron chi connectivity index (χ3n) is 4.65. The van der Waals surface area contributed by atoms with Crippen molar-refractivity contribution in [2.75, 3.05) is 6.61 Å². The lowest BCUT2D eigenvalue weighted by atomic mass is 10.1. The molecule has 0 radical (unpaired) electrons. The molecule has 1 aromatic carbocycles. The predicted molar refractivity (Wildman–Crippen MR) is 95.6 cm³/mol. The zero-order valence-electron chi connectivity index (χ0n) is 14.7. The Morgan fingerprint density at radius 2 is 1.81 bits per heavy atom. The summed E-state index contributed by atoms with van der Waals surface area (Å²) in [5, 5.41) is 38.8. The van der Waals surface area contributed by atoms with Gasteiger partial charge in [0.15, 0.2) is 11.5 Å². The minimum absolute atomic E-state index is 0.0516. The van der Waals surface area contributed by atoms with Gasteiger partial charge >= 0.3 is 5.69 Å². The van der Waals surface area contributed by atoms with Crippen molar-refractivity contribution in [3.8, 4) is 11.5 Å². The molecule has 10 heteroatoms. The third-order valence-corrected chi connectivity index (χ3v) is 4.65. The Labute approximate surface area is 152 Å². The molecule has 2 aliphatic rings. The van der Waals surface area contributed by atoms with E-state index >= 15 is 0 Å². The van der Waals surface area contributed by atoms with Crippen LogP contribution in [0.3, 0.4) is 0 Å². The maximum absolute atomic E-state index is 12.2.